The molecule has 0 aromatic heterocycles. The molecule has 19 heavy (non-hydrogen) atoms. The molecular formula is C13H17F2N3O. The topological polar surface area (TPSA) is 44.4 Å². The highest BCUT2D eigenvalue weighted by atomic mass is 19.1. The minimum Gasteiger partial charge on any atom is -0.317 e. The maximum atomic E-state index is 13.5. The van der Waals surface area contributed by atoms with Gasteiger partial charge in [-0.15, -0.1) is 0 Å². The number of anilines is 1. The molecule has 2 N–H and O–H groups in total. The number of carbonyl (C=O) groups is 1. The standard InChI is InChI=1S/C13H17F2N3O/c1-8-6-16-7-9(2)18(8)13(19)17-12-4-3-10(14)5-11(12)15/h3-5,8-9,16H,6-7H2,1-2H3,(H,17,19). The summed E-state index contributed by atoms with van der Waals surface area (Å²) in [5.41, 5.74) is -0.00988. The Bertz CT molecular complexity index is 471. The molecule has 1 heterocycles. The zero-order valence-electron chi connectivity index (χ0n) is 10.9. The fourth-order valence-corrected chi connectivity index (χ4v) is 2.30. The zero-order valence-corrected chi connectivity index (χ0v) is 10.9. The summed E-state index contributed by atoms with van der Waals surface area (Å²) in [5, 5.41) is 5.69. The van der Waals surface area contributed by atoms with Crippen molar-refractivity contribution in [1.82, 2.24) is 10.2 Å². The molecule has 1 aliphatic heterocycles. The van der Waals surface area contributed by atoms with Crippen LogP contribution in [0, 0.1) is 11.6 Å². The van der Waals surface area contributed by atoms with Gasteiger partial charge in [-0.05, 0) is 26.0 Å². The van der Waals surface area contributed by atoms with Crippen molar-refractivity contribution >= 4 is 11.7 Å². The fraction of sp³-hybridized carbons (Fsp3) is 0.462. The maximum absolute atomic E-state index is 13.5. The van der Waals surface area contributed by atoms with Gasteiger partial charge in [-0.1, -0.05) is 0 Å². The van der Waals surface area contributed by atoms with E-state index in [9.17, 15) is 13.6 Å². The molecule has 1 aromatic carbocycles. The van der Waals surface area contributed by atoms with Crippen molar-refractivity contribution < 1.29 is 13.6 Å². The summed E-state index contributed by atoms with van der Waals surface area (Å²) >= 11 is 0. The van der Waals surface area contributed by atoms with Crippen LogP contribution in [0.1, 0.15) is 13.8 Å². The molecule has 104 valence electrons. The van der Waals surface area contributed by atoms with Gasteiger partial charge in [0.15, 0.2) is 0 Å². The summed E-state index contributed by atoms with van der Waals surface area (Å²) in [4.78, 5) is 13.8. The molecule has 0 saturated carbocycles. The van der Waals surface area contributed by atoms with Crippen LogP contribution in [-0.2, 0) is 0 Å². The van der Waals surface area contributed by atoms with E-state index in [0.29, 0.717) is 13.1 Å². The van der Waals surface area contributed by atoms with Gasteiger partial charge in [0, 0.05) is 31.2 Å². The van der Waals surface area contributed by atoms with Gasteiger partial charge in [-0.2, -0.15) is 0 Å². The van der Waals surface area contributed by atoms with Crippen LogP contribution in [0.5, 0.6) is 0 Å². The lowest BCUT2D eigenvalue weighted by molar-refractivity contribution is 0.143. The summed E-state index contributed by atoms with van der Waals surface area (Å²) in [5.74, 6) is -1.44. The van der Waals surface area contributed by atoms with Crippen LogP contribution in [0.25, 0.3) is 0 Å². The first-order valence-electron chi connectivity index (χ1n) is 6.24. The van der Waals surface area contributed by atoms with Crippen molar-refractivity contribution in [3.63, 3.8) is 0 Å². The number of hydrogen-bond donors (Lipinski definition) is 2. The van der Waals surface area contributed by atoms with Crippen LogP contribution in [-0.4, -0.2) is 36.1 Å². The SMILES string of the molecule is CC1CNCC(C)N1C(=O)Nc1ccc(F)cc1F. The van der Waals surface area contributed by atoms with Gasteiger partial charge in [-0.25, -0.2) is 13.6 Å². The Morgan fingerprint density at radius 2 is 1.95 bits per heavy atom. The largest absolute Gasteiger partial charge is 0.322 e. The molecule has 6 heteroatoms. The predicted molar refractivity (Wildman–Crippen MR) is 69.0 cm³/mol. The third kappa shape index (κ3) is 3.01. The molecule has 0 aliphatic carbocycles. The van der Waals surface area contributed by atoms with E-state index in [1.807, 2.05) is 13.8 Å². The van der Waals surface area contributed by atoms with Gasteiger partial charge in [0.25, 0.3) is 0 Å². The summed E-state index contributed by atoms with van der Waals surface area (Å²) in [7, 11) is 0. The van der Waals surface area contributed by atoms with Crippen LogP contribution in [0.4, 0.5) is 19.3 Å². The minimum atomic E-state index is -0.774. The lowest BCUT2D eigenvalue weighted by Crippen LogP contribution is -2.58. The monoisotopic (exact) mass is 269 g/mol. The van der Waals surface area contributed by atoms with E-state index in [1.54, 1.807) is 4.90 Å². The maximum Gasteiger partial charge on any atom is 0.322 e. The summed E-state index contributed by atoms with van der Waals surface area (Å²) < 4.78 is 26.3. The number of rotatable bonds is 1. The first-order valence-corrected chi connectivity index (χ1v) is 6.24. The lowest BCUT2D eigenvalue weighted by Gasteiger charge is -2.39. The molecular weight excluding hydrogens is 252 g/mol. The van der Waals surface area contributed by atoms with Crippen LogP contribution >= 0.6 is 0 Å². The molecule has 1 saturated heterocycles. The molecule has 0 spiro atoms. The normalized spacial score (nSPS) is 23.3. The second-order valence-electron chi connectivity index (χ2n) is 4.82. The predicted octanol–water partition coefficient (Wildman–Crippen LogP) is 2.18. The Labute approximate surface area is 110 Å². The van der Waals surface area contributed by atoms with Crippen LogP contribution in [0.2, 0.25) is 0 Å². The van der Waals surface area contributed by atoms with E-state index in [1.165, 1.54) is 6.07 Å². The number of nitrogens with zero attached hydrogens (tertiary/aromatic N) is 1. The average molecular weight is 269 g/mol. The van der Waals surface area contributed by atoms with Crippen LogP contribution in [0.3, 0.4) is 0 Å². The second kappa shape index (κ2) is 5.52. The molecule has 1 aliphatic rings. The number of amides is 2. The highest BCUT2D eigenvalue weighted by Gasteiger charge is 2.29. The smallest absolute Gasteiger partial charge is 0.317 e. The van der Waals surface area contributed by atoms with Gasteiger partial charge in [0.05, 0.1) is 5.69 Å². The Morgan fingerprint density at radius 3 is 2.53 bits per heavy atom. The zero-order chi connectivity index (χ0) is 14.0. The molecule has 0 bridgehead atoms. The minimum absolute atomic E-state index is 0.00988. The van der Waals surface area contributed by atoms with E-state index in [2.05, 4.69) is 10.6 Å². The lowest BCUT2D eigenvalue weighted by atomic mass is 10.1. The van der Waals surface area contributed by atoms with Gasteiger partial charge in [0.1, 0.15) is 11.6 Å². The van der Waals surface area contributed by atoms with Gasteiger partial charge in [0.2, 0.25) is 0 Å². The van der Waals surface area contributed by atoms with Gasteiger partial charge >= 0.3 is 6.03 Å². The number of hydrogen-bond acceptors (Lipinski definition) is 2. The average Bonchev–Trinajstić information content (AvgIpc) is 2.32. The van der Waals surface area contributed by atoms with Crippen molar-refractivity contribution in [2.24, 2.45) is 0 Å². The van der Waals surface area contributed by atoms with Crippen molar-refractivity contribution in [3.05, 3.63) is 29.8 Å². The second-order valence-corrected chi connectivity index (χ2v) is 4.82. The van der Waals surface area contributed by atoms with Gasteiger partial charge < -0.3 is 15.5 Å². The molecule has 2 unspecified atom stereocenters. The highest BCUT2D eigenvalue weighted by molar-refractivity contribution is 5.90. The van der Waals surface area contributed by atoms with E-state index in [4.69, 9.17) is 0 Å². The number of nitrogens with one attached hydrogen (secondary N) is 2. The molecule has 4 nitrogen and oxygen atoms in total. The molecule has 0 radical (unpaired) electrons. The summed E-state index contributed by atoms with van der Waals surface area (Å²) in [6, 6.07) is 2.76. The molecule has 1 fully saturated rings. The third-order valence-corrected chi connectivity index (χ3v) is 3.24. The number of carbonyl (C=O) groups excluding carboxylic acids is 1. The van der Waals surface area contributed by atoms with E-state index in [-0.39, 0.29) is 23.8 Å². The number of halogens is 2. The molecule has 2 atom stereocenters. The molecule has 2 amide bonds. The van der Waals surface area contributed by atoms with Gasteiger partial charge in [-0.3, -0.25) is 0 Å². The number of benzene rings is 1. The number of piperazine rings is 1. The highest BCUT2D eigenvalue weighted by Crippen LogP contribution is 2.17. The Balaban J connectivity index is 2.11. The Morgan fingerprint density at radius 1 is 1.32 bits per heavy atom. The fourth-order valence-electron chi connectivity index (χ4n) is 2.30. The summed E-state index contributed by atoms with van der Waals surface area (Å²) in [6.45, 7) is 5.24. The van der Waals surface area contributed by atoms with Crippen molar-refractivity contribution in [1.29, 1.82) is 0 Å². The van der Waals surface area contributed by atoms with Crippen molar-refractivity contribution in [2.75, 3.05) is 18.4 Å². The number of urea groups is 1. The Kier molecular flexibility index (Phi) is 3.99. The molecule has 1 aromatic rings. The Hall–Kier alpha value is -1.69. The first-order chi connectivity index (χ1) is 8.99. The van der Waals surface area contributed by atoms with E-state index in [0.717, 1.165) is 12.1 Å². The third-order valence-electron chi connectivity index (χ3n) is 3.24. The van der Waals surface area contributed by atoms with Crippen molar-refractivity contribution in [2.45, 2.75) is 25.9 Å². The molecule has 2 rings (SSSR count). The van der Waals surface area contributed by atoms with E-state index >= 15 is 0 Å². The summed E-state index contributed by atoms with van der Waals surface area (Å²) in [6.07, 6.45) is 0. The van der Waals surface area contributed by atoms with E-state index < -0.39 is 11.6 Å². The van der Waals surface area contributed by atoms with Crippen molar-refractivity contribution in [3.8, 4) is 0 Å². The quantitative estimate of drug-likeness (QED) is 0.820. The first kappa shape index (κ1) is 13.7. The van der Waals surface area contributed by atoms with Crippen LogP contribution in [0.15, 0.2) is 18.2 Å². The van der Waals surface area contributed by atoms with Crippen LogP contribution < -0.4 is 10.6 Å².